The minimum Gasteiger partial charge on any atom is -0.353 e. The molecule has 6 heteroatoms. The molecular formula is C20H34IN5. The largest absolute Gasteiger partial charge is 0.353 e. The zero-order chi connectivity index (χ0) is 17.2. The van der Waals surface area contributed by atoms with Gasteiger partial charge in [0.15, 0.2) is 5.96 Å². The first-order valence-electron chi connectivity index (χ1n) is 10.3. The van der Waals surface area contributed by atoms with Gasteiger partial charge in [-0.25, -0.2) is 0 Å². The van der Waals surface area contributed by atoms with Crippen LogP contribution in [0.3, 0.4) is 0 Å². The Morgan fingerprint density at radius 3 is 2.77 bits per heavy atom. The van der Waals surface area contributed by atoms with Gasteiger partial charge >= 0.3 is 0 Å². The topological polar surface area (TPSA) is 45.5 Å². The normalized spacial score (nSPS) is 29.5. The molecule has 0 spiro atoms. The second-order valence-electron chi connectivity index (χ2n) is 8.23. The predicted octanol–water partition coefficient (Wildman–Crippen LogP) is 3.76. The van der Waals surface area contributed by atoms with Crippen molar-refractivity contribution in [3.05, 3.63) is 18.0 Å². The number of hydrogen-bond donors (Lipinski definition) is 1. The standard InChI is InChI=1S/C20H33N5.HI/c1-3-21-20(23-19-11-18(19)15-7-5-4-6-8-15)25-10-9-16(14-25)17-12-22-24(2)13-17;/h12-13,15-16,18-19H,3-11,14H2,1-2H3,(H,21,23);1H. The number of rotatable bonds is 4. The van der Waals surface area contributed by atoms with E-state index in [2.05, 4.69) is 28.4 Å². The summed E-state index contributed by atoms with van der Waals surface area (Å²) in [5, 5.41) is 8.15. The van der Waals surface area contributed by atoms with E-state index in [1.54, 1.807) is 0 Å². The molecule has 3 atom stereocenters. The van der Waals surface area contributed by atoms with Gasteiger partial charge in [0.25, 0.3) is 0 Å². The molecule has 2 heterocycles. The quantitative estimate of drug-likeness (QED) is 0.413. The maximum Gasteiger partial charge on any atom is 0.194 e. The highest BCUT2D eigenvalue weighted by Gasteiger charge is 2.44. The Kier molecular flexibility index (Phi) is 6.86. The van der Waals surface area contributed by atoms with Crippen LogP contribution >= 0.6 is 24.0 Å². The maximum absolute atomic E-state index is 4.81. The van der Waals surface area contributed by atoms with Crippen molar-refractivity contribution in [3.8, 4) is 0 Å². The lowest BCUT2D eigenvalue weighted by molar-refractivity contribution is 0.314. The van der Waals surface area contributed by atoms with Gasteiger partial charge in [-0.2, -0.15) is 5.10 Å². The summed E-state index contributed by atoms with van der Waals surface area (Å²) in [6.07, 6.45) is 14.0. The number of aliphatic imine (C=N–C) groups is 1. The highest BCUT2D eigenvalue weighted by Crippen LogP contribution is 2.44. The number of nitrogens with one attached hydrogen (secondary N) is 1. The van der Waals surface area contributed by atoms with Crippen LogP contribution in [-0.4, -0.2) is 46.3 Å². The number of hydrogen-bond acceptors (Lipinski definition) is 2. The zero-order valence-electron chi connectivity index (χ0n) is 16.2. The fourth-order valence-electron chi connectivity index (χ4n) is 4.89. The fourth-order valence-corrected chi connectivity index (χ4v) is 4.89. The van der Waals surface area contributed by atoms with E-state index in [0.717, 1.165) is 37.4 Å². The molecular weight excluding hydrogens is 437 g/mol. The van der Waals surface area contributed by atoms with Crippen molar-refractivity contribution in [2.24, 2.45) is 23.9 Å². The number of likely N-dealkylation sites (tertiary alicyclic amines) is 1. The molecule has 5 nitrogen and oxygen atoms in total. The molecule has 1 N–H and O–H groups in total. The number of aryl methyl sites for hydroxylation is 1. The molecule has 1 saturated heterocycles. The molecule has 3 aliphatic rings. The van der Waals surface area contributed by atoms with Crippen LogP contribution in [0.1, 0.15) is 63.4 Å². The lowest BCUT2D eigenvalue weighted by atomic mass is 9.85. The van der Waals surface area contributed by atoms with Gasteiger partial charge in [-0.1, -0.05) is 32.1 Å². The number of nitrogens with zero attached hydrogens (tertiary/aromatic N) is 4. The van der Waals surface area contributed by atoms with E-state index in [-0.39, 0.29) is 24.0 Å². The van der Waals surface area contributed by atoms with E-state index in [9.17, 15) is 0 Å². The van der Waals surface area contributed by atoms with Gasteiger partial charge in [0.05, 0.1) is 6.20 Å². The summed E-state index contributed by atoms with van der Waals surface area (Å²) in [5.41, 5.74) is 1.37. The van der Waals surface area contributed by atoms with E-state index in [1.807, 2.05) is 17.9 Å². The van der Waals surface area contributed by atoms with Crippen molar-refractivity contribution in [3.63, 3.8) is 0 Å². The first-order valence-corrected chi connectivity index (χ1v) is 10.3. The van der Waals surface area contributed by atoms with Gasteiger partial charge in [-0.05, 0) is 37.2 Å². The molecule has 146 valence electrons. The average molecular weight is 471 g/mol. The predicted molar refractivity (Wildman–Crippen MR) is 117 cm³/mol. The van der Waals surface area contributed by atoms with Crippen LogP contribution in [0.5, 0.6) is 0 Å². The number of aromatic nitrogens is 2. The minimum atomic E-state index is 0. The lowest BCUT2D eigenvalue weighted by Crippen LogP contribution is -2.42. The van der Waals surface area contributed by atoms with Crippen LogP contribution in [0.25, 0.3) is 0 Å². The Morgan fingerprint density at radius 1 is 1.27 bits per heavy atom. The van der Waals surface area contributed by atoms with Gasteiger partial charge in [0.2, 0.25) is 0 Å². The lowest BCUT2D eigenvalue weighted by Gasteiger charge is -2.24. The highest BCUT2D eigenvalue weighted by molar-refractivity contribution is 14.0. The van der Waals surface area contributed by atoms with Crippen molar-refractivity contribution in [2.75, 3.05) is 19.6 Å². The molecule has 0 amide bonds. The second kappa shape index (κ2) is 8.93. The van der Waals surface area contributed by atoms with Crippen molar-refractivity contribution >= 4 is 29.9 Å². The summed E-state index contributed by atoms with van der Waals surface area (Å²) in [7, 11) is 2.00. The Labute approximate surface area is 175 Å². The van der Waals surface area contributed by atoms with Crippen LogP contribution in [0, 0.1) is 11.8 Å². The van der Waals surface area contributed by atoms with Crippen molar-refractivity contribution in [2.45, 2.75) is 63.8 Å². The zero-order valence-corrected chi connectivity index (χ0v) is 18.6. The molecule has 1 aromatic heterocycles. The summed E-state index contributed by atoms with van der Waals surface area (Å²) < 4.78 is 1.91. The number of guanidine groups is 1. The van der Waals surface area contributed by atoms with E-state index in [1.165, 1.54) is 50.5 Å². The first-order chi connectivity index (χ1) is 12.2. The van der Waals surface area contributed by atoms with Crippen LogP contribution in [0.4, 0.5) is 0 Å². The molecule has 1 aliphatic heterocycles. The highest BCUT2D eigenvalue weighted by atomic mass is 127. The summed E-state index contributed by atoms with van der Waals surface area (Å²) in [6, 6.07) is 0.672. The fraction of sp³-hybridized carbons (Fsp3) is 0.800. The van der Waals surface area contributed by atoms with Crippen LogP contribution in [-0.2, 0) is 7.05 Å². The monoisotopic (exact) mass is 471 g/mol. The van der Waals surface area contributed by atoms with E-state index in [0.29, 0.717) is 12.0 Å². The molecule has 0 bridgehead atoms. The molecule has 2 aliphatic carbocycles. The Hall–Kier alpha value is -0.790. The molecule has 4 rings (SSSR count). The Bertz CT molecular complexity index is 607. The van der Waals surface area contributed by atoms with Crippen LogP contribution in [0.2, 0.25) is 0 Å². The van der Waals surface area contributed by atoms with Gasteiger partial charge in [-0.3, -0.25) is 9.67 Å². The van der Waals surface area contributed by atoms with Crippen molar-refractivity contribution in [1.82, 2.24) is 20.0 Å². The molecule has 0 aromatic carbocycles. The van der Waals surface area contributed by atoms with Crippen LogP contribution < -0.4 is 5.32 Å². The maximum atomic E-state index is 4.81. The van der Waals surface area contributed by atoms with Gasteiger partial charge in [0, 0.05) is 44.8 Å². The second-order valence-corrected chi connectivity index (χ2v) is 8.23. The third kappa shape index (κ3) is 4.54. The average Bonchev–Trinajstić information content (AvgIpc) is 3.02. The van der Waals surface area contributed by atoms with E-state index in [4.69, 9.17) is 4.99 Å². The SMILES string of the molecule is CCN=C(NC1CC1C1CCCCC1)N1CCC(c2cnn(C)c2)C1.I. The van der Waals surface area contributed by atoms with Gasteiger partial charge in [-0.15, -0.1) is 24.0 Å². The smallest absolute Gasteiger partial charge is 0.194 e. The summed E-state index contributed by atoms with van der Waals surface area (Å²) in [6.45, 7) is 5.17. The third-order valence-corrected chi connectivity index (χ3v) is 6.40. The van der Waals surface area contributed by atoms with Crippen LogP contribution in [0.15, 0.2) is 17.4 Å². The molecule has 3 unspecified atom stereocenters. The van der Waals surface area contributed by atoms with E-state index >= 15 is 0 Å². The van der Waals surface area contributed by atoms with Crippen molar-refractivity contribution < 1.29 is 0 Å². The minimum absolute atomic E-state index is 0. The molecule has 3 fully saturated rings. The Balaban J connectivity index is 0.00000196. The van der Waals surface area contributed by atoms with Gasteiger partial charge in [0.1, 0.15) is 0 Å². The third-order valence-electron chi connectivity index (χ3n) is 6.40. The summed E-state index contributed by atoms with van der Waals surface area (Å²) in [5.74, 6) is 3.61. The number of halogens is 1. The summed E-state index contributed by atoms with van der Waals surface area (Å²) in [4.78, 5) is 7.28. The first kappa shape index (κ1) is 20.0. The van der Waals surface area contributed by atoms with Gasteiger partial charge < -0.3 is 10.2 Å². The van der Waals surface area contributed by atoms with Crippen molar-refractivity contribution in [1.29, 1.82) is 0 Å². The molecule has 1 aromatic rings. The summed E-state index contributed by atoms with van der Waals surface area (Å²) >= 11 is 0. The molecule has 2 saturated carbocycles. The Morgan fingerprint density at radius 2 is 2.08 bits per heavy atom. The molecule has 26 heavy (non-hydrogen) atoms. The van der Waals surface area contributed by atoms with E-state index < -0.39 is 0 Å². The molecule has 0 radical (unpaired) electrons.